The Labute approximate surface area is 120 Å². The third-order valence-corrected chi connectivity index (χ3v) is 3.10. The summed E-state index contributed by atoms with van der Waals surface area (Å²) in [5.41, 5.74) is 7.59. The molecule has 0 unspecified atom stereocenters. The van der Waals surface area contributed by atoms with Crippen LogP contribution in [0.25, 0.3) is 0 Å². The molecule has 0 aliphatic heterocycles. The molecule has 4 N–H and O–H groups in total. The Morgan fingerprint density at radius 1 is 1.25 bits per heavy atom. The molecule has 0 atom stereocenters. The number of nitrogens with zero attached hydrogens (tertiary/aromatic N) is 1. The molecule has 2 aromatic carbocycles. The molecular formula is C14H13ClFN3O. The first-order valence-electron chi connectivity index (χ1n) is 5.86. The zero-order valence-electron chi connectivity index (χ0n) is 10.5. The van der Waals surface area contributed by atoms with Gasteiger partial charge < -0.3 is 16.3 Å². The van der Waals surface area contributed by atoms with Gasteiger partial charge in [0.1, 0.15) is 5.82 Å². The smallest absolute Gasteiger partial charge is 0.170 e. The van der Waals surface area contributed by atoms with Crippen molar-refractivity contribution in [3.05, 3.63) is 64.4 Å². The molecule has 0 heterocycles. The van der Waals surface area contributed by atoms with Crippen molar-refractivity contribution in [2.75, 3.05) is 5.32 Å². The highest BCUT2D eigenvalue weighted by molar-refractivity contribution is 6.33. The summed E-state index contributed by atoms with van der Waals surface area (Å²) in [4.78, 5) is 0. The van der Waals surface area contributed by atoms with Gasteiger partial charge in [0.25, 0.3) is 0 Å². The largest absolute Gasteiger partial charge is 0.409 e. The summed E-state index contributed by atoms with van der Waals surface area (Å²) < 4.78 is 13.1. The molecule has 0 fully saturated rings. The van der Waals surface area contributed by atoms with E-state index in [4.69, 9.17) is 22.5 Å². The van der Waals surface area contributed by atoms with Gasteiger partial charge in [0.15, 0.2) is 5.84 Å². The van der Waals surface area contributed by atoms with E-state index in [0.717, 1.165) is 5.56 Å². The van der Waals surface area contributed by atoms with Crippen LogP contribution in [0.5, 0.6) is 0 Å². The molecule has 0 spiro atoms. The SMILES string of the molecule is N/C(=N/O)c1ccc(CNc2cc(F)ccc2Cl)cc1. The highest BCUT2D eigenvalue weighted by Gasteiger charge is 2.03. The number of oxime groups is 1. The number of nitrogens with one attached hydrogen (secondary N) is 1. The van der Waals surface area contributed by atoms with Crippen LogP contribution in [-0.2, 0) is 6.54 Å². The molecule has 0 amide bonds. The molecule has 0 aliphatic carbocycles. The monoisotopic (exact) mass is 293 g/mol. The lowest BCUT2D eigenvalue weighted by atomic mass is 10.1. The molecule has 2 aromatic rings. The summed E-state index contributed by atoms with van der Waals surface area (Å²) >= 11 is 5.96. The van der Waals surface area contributed by atoms with Crippen LogP contribution in [0.3, 0.4) is 0 Å². The van der Waals surface area contributed by atoms with Gasteiger partial charge in [0.05, 0.1) is 10.7 Å². The van der Waals surface area contributed by atoms with Crippen LogP contribution in [-0.4, -0.2) is 11.0 Å². The highest BCUT2D eigenvalue weighted by Crippen LogP contribution is 2.23. The second-order valence-electron chi connectivity index (χ2n) is 4.16. The number of nitrogens with two attached hydrogens (primary N) is 1. The minimum atomic E-state index is -0.348. The third kappa shape index (κ3) is 3.39. The van der Waals surface area contributed by atoms with Crippen molar-refractivity contribution in [1.82, 2.24) is 0 Å². The second-order valence-corrected chi connectivity index (χ2v) is 4.57. The van der Waals surface area contributed by atoms with Crippen LogP contribution in [0.4, 0.5) is 10.1 Å². The van der Waals surface area contributed by atoms with Crippen molar-refractivity contribution in [1.29, 1.82) is 0 Å². The van der Waals surface area contributed by atoms with Gasteiger partial charge in [-0.1, -0.05) is 41.0 Å². The predicted octanol–water partition coefficient (Wildman–Crippen LogP) is 3.19. The molecule has 0 bridgehead atoms. The number of benzene rings is 2. The van der Waals surface area contributed by atoms with E-state index in [1.165, 1.54) is 18.2 Å². The van der Waals surface area contributed by atoms with Crippen LogP contribution in [0.2, 0.25) is 5.02 Å². The maximum Gasteiger partial charge on any atom is 0.170 e. The number of hydrogen-bond acceptors (Lipinski definition) is 3. The molecule has 2 rings (SSSR count). The van der Waals surface area contributed by atoms with Gasteiger partial charge in [-0.3, -0.25) is 0 Å². The molecule has 6 heteroatoms. The van der Waals surface area contributed by atoms with Crippen LogP contribution in [0.1, 0.15) is 11.1 Å². The van der Waals surface area contributed by atoms with E-state index in [1.807, 2.05) is 12.1 Å². The van der Waals surface area contributed by atoms with E-state index in [2.05, 4.69) is 10.5 Å². The van der Waals surface area contributed by atoms with E-state index >= 15 is 0 Å². The Morgan fingerprint density at radius 3 is 2.60 bits per heavy atom. The van der Waals surface area contributed by atoms with Gasteiger partial charge in [0.2, 0.25) is 0 Å². The molecule has 4 nitrogen and oxygen atoms in total. The standard InChI is InChI=1S/C14H13ClFN3O/c15-12-6-5-11(16)7-13(12)18-8-9-1-3-10(4-2-9)14(17)19-20/h1-7,18,20H,8H2,(H2,17,19). The Morgan fingerprint density at radius 2 is 1.95 bits per heavy atom. The molecule has 0 saturated heterocycles. The molecular weight excluding hydrogens is 281 g/mol. The lowest BCUT2D eigenvalue weighted by molar-refractivity contribution is 0.318. The fourth-order valence-electron chi connectivity index (χ4n) is 1.68. The number of rotatable bonds is 4. The maximum atomic E-state index is 13.1. The predicted molar refractivity (Wildman–Crippen MR) is 77.7 cm³/mol. The summed E-state index contributed by atoms with van der Waals surface area (Å²) in [7, 11) is 0. The number of hydrogen-bond donors (Lipinski definition) is 3. The molecule has 0 aliphatic rings. The molecule has 0 saturated carbocycles. The van der Waals surface area contributed by atoms with Crippen LogP contribution < -0.4 is 11.1 Å². The summed E-state index contributed by atoms with van der Waals surface area (Å²) in [6, 6.07) is 11.3. The van der Waals surface area contributed by atoms with Crippen molar-refractivity contribution >= 4 is 23.1 Å². The van der Waals surface area contributed by atoms with Crippen LogP contribution in [0, 0.1) is 5.82 Å². The Balaban J connectivity index is 2.06. The van der Waals surface area contributed by atoms with Crippen molar-refractivity contribution in [3.63, 3.8) is 0 Å². The number of anilines is 1. The molecule has 20 heavy (non-hydrogen) atoms. The van der Waals surface area contributed by atoms with E-state index < -0.39 is 0 Å². The number of amidine groups is 1. The maximum absolute atomic E-state index is 13.1. The van der Waals surface area contributed by atoms with Crippen molar-refractivity contribution in [2.24, 2.45) is 10.9 Å². The first kappa shape index (κ1) is 14.1. The van der Waals surface area contributed by atoms with Gasteiger partial charge in [-0.05, 0) is 23.8 Å². The highest BCUT2D eigenvalue weighted by atomic mass is 35.5. The minimum absolute atomic E-state index is 0.0534. The Bertz CT molecular complexity index is 629. The van der Waals surface area contributed by atoms with Gasteiger partial charge in [-0.15, -0.1) is 0 Å². The minimum Gasteiger partial charge on any atom is -0.409 e. The van der Waals surface area contributed by atoms with Gasteiger partial charge in [-0.2, -0.15) is 0 Å². The topological polar surface area (TPSA) is 70.6 Å². The van der Waals surface area contributed by atoms with Gasteiger partial charge >= 0.3 is 0 Å². The van der Waals surface area contributed by atoms with Crippen LogP contribution in [0.15, 0.2) is 47.6 Å². The second kappa shape index (κ2) is 6.25. The lowest BCUT2D eigenvalue weighted by Gasteiger charge is -2.09. The Hall–Kier alpha value is -2.27. The average molecular weight is 294 g/mol. The van der Waals surface area contributed by atoms with Crippen molar-refractivity contribution in [3.8, 4) is 0 Å². The fraction of sp³-hybridized carbons (Fsp3) is 0.0714. The van der Waals surface area contributed by atoms with Gasteiger partial charge in [-0.25, -0.2) is 4.39 Å². The number of halogens is 2. The van der Waals surface area contributed by atoms with Crippen molar-refractivity contribution in [2.45, 2.75) is 6.54 Å². The summed E-state index contributed by atoms with van der Waals surface area (Å²) in [6.45, 7) is 0.486. The van der Waals surface area contributed by atoms with E-state index in [0.29, 0.717) is 22.8 Å². The molecule has 104 valence electrons. The van der Waals surface area contributed by atoms with Crippen LogP contribution >= 0.6 is 11.6 Å². The summed E-state index contributed by atoms with van der Waals surface area (Å²) in [5.74, 6) is -0.295. The van der Waals surface area contributed by atoms with Gasteiger partial charge in [0, 0.05) is 12.1 Å². The van der Waals surface area contributed by atoms with E-state index in [1.54, 1.807) is 12.1 Å². The van der Waals surface area contributed by atoms with E-state index in [-0.39, 0.29) is 11.7 Å². The Kier molecular flexibility index (Phi) is 4.42. The normalized spacial score (nSPS) is 11.4. The van der Waals surface area contributed by atoms with Crippen molar-refractivity contribution < 1.29 is 9.60 Å². The average Bonchev–Trinajstić information content (AvgIpc) is 2.48. The third-order valence-electron chi connectivity index (χ3n) is 2.77. The fourth-order valence-corrected chi connectivity index (χ4v) is 1.87. The molecule has 0 radical (unpaired) electrons. The zero-order valence-corrected chi connectivity index (χ0v) is 11.2. The summed E-state index contributed by atoms with van der Waals surface area (Å²) in [5, 5.41) is 15.0. The molecule has 0 aromatic heterocycles. The quantitative estimate of drug-likeness (QED) is 0.351. The zero-order chi connectivity index (χ0) is 14.5. The first-order chi connectivity index (χ1) is 9.60. The summed E-state index contributed by atoms with van der Waals surface area (Å²) in [6.07, 6.45) is 0. The lowest BCUT2D eigenvalue weighted by Crippen LogP contribution is -2.13. The van der Waals surface area contributed by atoms with E-state index in [9.17, 15) is 4.39 Å². The first-order valence-corrected chi connectivity index (χ1v) is 6.23.